The molecule has 0 bridgehead atoms. The molecule has 2 aromatic carbocycles. The molecule has 5 heteroatoms. The fourth-order valence-corrected chi connectivity index (χ4v) is 2.93. The van der Waals surface area contributed by atoms with Crippen LogP contribution in [0.2, 0.25) is 0 Å². The Kier molecular flexibility index (Phi) is 7.55. The van der Waals surface area contributed by atoms with E-state index in [2.05, 4.69) is 17.2 Å². The molecule has 1 fully saturated rings. The third kappa shape index (κ3) is 5.92. The summed E-state index contributed by atoms with van der Waals surface area (Å²) in [5.41, 5.74) is 9.23. The highest BCUT2D eigenvalue weighted by Gasteiger charge is 2.17. The molecule has 0 saturated heterocycles. The van der Waals surface area contributed by atoms with Crippen LogP contribution >= 0.6 is 24.0 Å². The van der Waals surface area contributed by atoms with Crippen LogP contribution in [0.1, 0.15) is 36.8 Å². The van der Waals surface area contributed by atoms with Crippen LogP contribution < -0.4 is 15.8 Å². The number of aryl methyl sites for hydroxylation is 1. The maximum atomic E-state index is 6.14. The first-order chi connectivity index (χ1) is 11.7. The molecule has 0 radical (unpaired) electrons. The summed E-state index contributed by atoms with van der Waals surface area (Å²) in [7, 11) is 0. The Bertz CT molecular complexity index is 694. The lowest BCUT2D eigenvalue weighted by molar-refractivity contribution is 0.208. The molecule has 134 valence electrons. The number of guanidine groups is 1. The smallest absolute Gasteiger partial charge is 0.193 e. The Balaban J connectivity index is 0.00000225. The maximum absolute atomic E-state index is 6.14. The summed E-state index contributed by atoms with van der Waals surface area (Å²) in [6, 6.07) is 16.2. The van der Waals surface area contributed by atoms with Gasteiger partial charge in [0.2, 0.25) is 0 Å². The summed E-state index contributed by atoms with van der Waals surface area (Å²) >= 11 is 0. The number of hydrogen-bond acceptors (Lipinski definition) is 2. The van der Waals surface area contributed by atoms with Crippen molar-refractivity contribution in [2.24, 2.45) is 10.7 Å². The van der Waals surface area contributed by atoms with Gasteiger partial charge in [-0.3, -0.25) is 0 Å². The molecule has 0 unspecified atom stereocenters. The number of nitrogens with one attached hydrogen (secondary N) is 1. The van der Waals surface area contributed by atoms with E-state index in [0.717, 1.165) is 29.8 Å². The van der Waals surface area contributed by atoms with Crippen molar-refractivity contribution in [3.63, 3.8) is 0 Å². The van der Waals surface area contributed by atoms with Crippen molar-refractivity contribution in [3.05, 3.63) is 59.7 Å². The maximum Gasteiger partial charge on any atom is 0.193 e. The summed E-state index contributed by atoms with van der Waals surface area (Å²) in [5, 5.41) is 3.12. The molecule has 0 aliphatic heterocycles. The van der Waals surface area contributed by atoms with Crippen LogP contribution in [0.4, 0.5) is 5.69 Å². The van der Waals surface area contributed by atoms with Gasteiger partial charge < -0.3 is 15.8 Å². The second kappa shape index (κ2) is 9.65. The van der Waals surface area contributed by atoms with Gasteiger partial charge in [0, 0.05) is 11.3 Å². The van der Waals surface area contributed by atoms with Gasteiger partial charge in [0.15, 0.2) is 5.96 Å². The van der Waals surface area contributed by atoms with Crippen molar-refractivity contribution in [2.45, 2.75) is 45.3 Å². The zero-order chi connectivity index (χ0) is 16.8. The van der Waals surface area contributed by atoms with E-state index >= 15 is 0 Å². The zero-order valence-corrected chi connectivity index (χ0v) is 16.9. The predicted molar refractivity (Wildman–Crippen MR) is 115 cm³/mol. The van der Waals surface area contributed by atoms with Crippen LogP contribution in [0.25, 0.3) is 0 Å². The highest BCUT2D eigenvalue weighted by atomic mass is 127. The topological polar surface area (TPSA) is 59.6 Å². The summed E-state index contributed by atoms with van der Waals surface area (Å²) < 4.78 is 6.14. The van der Waals surface area contributed by atoms with Gasteiger partial charge in [-0.2, -0.15) is 0 Å². The summed E-state index contributed by atoms with van der Waals surface area (Å²) in [4.78, 5) is 4.45. The molecule has 3 N–H and O–H groups in total. The number of benzene rings is 2. The average molecular weight is 451 g/mol. The van der Waals surface area contributed by atoms with Gasteiger partial charge in [-0.15, -0.1) is 24.0 Å². The van der Waals surface area contributed by atoms with Crippen molar-refractivity contribution in [3.8, 4) is 5.75 Å². The minimum Gasteiger partial charge on any atom is -0.490 e. The van der Waals surface area contributed by atoms with E-state index in [1.165, 1.54) is 18.4 Å². The molecule has 4 nitrogen and oxygen atoms in total. The van der Waals surface area contributed by atoms with Crippen molar-refractivity contribution in [1.82, 2.24) is 0 Å². The number of aliphatic imine (C=N–C) groups is 1. The van der Waals surface area contributed by atoms with Crippen LogP contribution in [-0.2, 0) is 6.54 Å². The highest BCUT2D eigenvalue weighted by molar-refractivity contribution is 14.0. The normalized spacial score (nSPS) is 14.8. The van der Waals surface area contributed by atoms with E-state index in [9.17, 15) is 0 Å². The van der Waals surface area contributed by atoms with Gasteiger partial charge in [0.05, 0.1) is 12.6 Å². The van der Waals surface area contributed by atoms with Gasteiger partial charge in [-0.25, -0.2) is 4.99 Å². The molecular formula is C20H26IN3O. The highest BCUT2D eigenvalue weighted by Crippen LogP contribution is 2.27. The summed E-state index contributed by atoms with van der Waals surface area (Å²) in [6.45, 7) is 2.57. The van der Waals surface area contributed by atoms with E-state index < -0.39 is 0 Å². The van der Waals surface area contributed by atoms with Crippen LogP contribution in [0, 0.1) is 6.92 Å². The molecule has 0 amide bonds. The molecule has 2 aromatic rings. The third-order valence-electron chi connectivity index (χ3n) is 4.31. The fraction of sp³-hybridized carbons (Fsp3) is 0.350. The molecule has 1 aliphatic rings. The first-order valence-electron chi connectivity index (χ1n) is 8.59. The van der Waals surface area contributed by atoms with E-state index in [-0.39, 0.29) is 24.0 Å². The van der Waals surface area contributed by atoms with Crippen LogP contribution in [0.3, 0.4) is 0 Å². The van der Waals surface area contributed by atoms with E-state index in [4.69, 9.17) is 10.5 Å². The van der Waals surface area contributed by atoms with Crippen LogP contribution in [0.15, 0.2) is 53.5 Å². The monoisotopic (exact) mass is 451 g/mol. The Labute approximate surface area is 166 Å². The number of ether oxygens (including phenoxy) is 1. The van der Waals surface area contributed by atoms with Gasteiger partial charge in [-0.05, 0) is 50.8 Å². The van der Waals surface area contributed by atoms with Crippen molar-refractivity contribution in [1.29, 1.82) is 0 Å². The molecule has 1 saturated carbocycles. The lowest BCUT2D eigenvalue weighted by Gasteiger charge is -2.15. The van der Waals surface area contributed by atoms with Crippen LogP contribution in [0.5, 0.6) is 5.75 Å². The van der Waals surface area contributed by atoms with Gasteiger partial charge >= 0.3 is 0 Å². The quantitative estimate of drug-likeness (QED) is 0.388. The largest absolute Gasteiger partial charge is 0.490 e. The molecule has 0 spiro atoms. The Morgan fingerprint density at radius 1 is 1.12 bits per heavy atom. The van der Waals surface area contributed by atoms with Crippen molar-refractivity contribution in [2.75, 3.05) is 5.32 Å². The van der Waals surface area contributed by atoms with Gasteiger partial charge in [0.25, 0.3) is 0 Å². The number of nitrogens with two attached hydrogens (primary N) is 1. The number of hydrogen-bond donors (Lipinski definition) is 2. The second-order valence-electron chi connectivity index (χ2n) is 6.32. The third-order valence-corrected chi connectivity index (χ3v) is 4.31. The Hall–Kier alpha value is -1.76. The van der Waals surface area contributed by atoms with Crippen LogP contribution in [-0.4, -0.2) is 12.1 Å². The minimum atomic E-state index is 0. The van der Waals surface area contributed by atoms with Gasteiger partial charge in [0.1, 0.15) is 5.75 Å². The lowest BCUT2D eigenvalue weighted by Crippen LogP contribution is -2.22. The predicted octanol–water partition coefficient (Wildman–Crippen LogP) is 4.86. The molecule has 3 rings (SSSR count). The number of anilines is 1. The Morgan fingerprint density at radius 3 is 2.52 bits per heavy atom. The number of halogens is 1. The standard InChI is InChI=1S/C20H25N3O.HI/c1-15-10-12-17(13-11-15)23-20(21)22-14-16-6-2-5-9-19(16)24-18-7-3-4-8-18;/h2,5-6,9-13,18H,3-4,7-8,14H2,1H3,(H3,21,22,23);1H. The number of para-hydroxylation sites is 1. The van der Waals surface area contributed by atoms with Gasteiger partial charge in [-0.1, -0.05) is 35.9 Å². The fourth-order valence-electron chi connectivity index (χ4n) is 2.93. The second-order valence-corrected chi connectivity index (χ2v) is 6.32. The molecule has 0 aromatic heterocycles. The summed E-state index contributed by atoms with van der Waals surface area (Å²) in [5.74, 6) is 1.34. The lowest BCUT2D eigenvalue weighted by atomic mass is 10.2. The molecule has 1 aliphatic carbocycles. The molecule has 25 heavy (non-hydrogen) atoms. The van der Waals surface area contributed by atoms with E-state index in [0.29, 0.717) is 18.6 Å². The zero-order valence-electron chi connectivity index (χ0n) is 14.6. The van der Waals surface area contributed by atoms with E-state index in [1.54, 1.807) is 0 Å². The number of nitrogens with zero attached hydrogens (tertiary/aromatic N) is 1. The molecular weight excluding hydrogens is 425 g/mol. The van der Waals surface area contributed by atoms with Crippen molar-refractivity contribution < 1.29 is 4.74 Å². The average Bonchev–Trinajstić information content (AvgIpc) is 3.09. The molecule has 0 heterocycles. The molecule has 0 atom stereocenters. The SMILES string of the molecule is Cc1ccc(NC(N)=NCc2ccccc2OC2CCCC2)cc1.I. The van der Waals surface area contributed by atoms with E-state index in [1.807, 2.05) is 48.5 Å². The first kappa shape index (κ1) is 19.6. The number of rotatable bonds is 5. The summed E-state index contributed by atoms with van der Waals surface area (Å²) in [6.07, 6.45) is 5.17. The Morgan fingerprint density at radius 2 is 1.80 bits per heavy atom. The minimum absolute atomic E-state index is 0. The first-order valence-corrected chi connectivity index (χ1v) is 8.59. The van der Waals surface area contributed by atoms with Crippen molar-refractivity contribution >= 4 is 35.6 Å².